The van der Waals surface area contributed by atoms with Crippen molar-refractivity contribution in [2.24, 2.45) is 0 Å². The van der Waals surface area contributed by atoms with Crippen LogP contribution in [0.25, 0.3) is 0 Å². The molecule has 0 aliphatic carbocycles. The molecule has 3 heteroatoms. The van der Waals surface area contributed by atoms with E-state index in [4.69, 9.17) is 4.74 Å². The highest BCUT2D eigenvalue weighted by Crippen LogP contribution is 1.93. The molecular weight excluding hydrogens is 94.0 g/mol. The van der Waals surface area contributed by atoms with Crippen molar-refractivity contribution < 1.29 is 4.74 Å². The van der Waals surface area contributed by atoms with Gasteiger partial charge >= 0.3 is 0 Å². The zero-order valence-corrected chi connectivity index (χ0v) is 3.83. The summed E-state index contributed by atoms with van der Waals surface area (Å²) in [4.78, 5) is 0. The van der Waals surface area contributed by atoms with Crippen LogP contribution in [0.5, 0.6) is 0 Å². The molecule has 1 aliphatic heterocycles. The molecule has 0 atom stereocenters. The van der Waals surface area contributed by atoms with Gasteiger partial charge in [-0.2, -0.15) is 0 Å². The third-order valence-corrected chi connectivity index (χ3v) is 0.753. The number of hydroxylamine groups is 2. The van der Waals surface area contributed by atoms with E-state index in [0.29, 0.717) is 13.2 Å². The van der Waals surface area contributed by atoms with Crippen LogP contribution in [-0.4, -0.2) is 18.2 Å². The van der Waals surface area contributed by atoms with Crippen LogP contribution in [0, 0.1) is 5.21 Å². The SMILES string of the molecule is [O-]N1C=COCC1. The lowest BCUT2D eigenvalue weighted by Crippen LogP contribution is -2.18. The summed E-state index contributed by atoms with van der Waals surface area (Å²) in [6.45, 7) is 0.969. The van der Waals surface area contributed by atoms with E-state index >= 15 is 0 Å². The Bertz CT molecular complexity index is 81.8. The third kappa shape index (κ3) is 1.08. The second-order valence-electron chi connectivity index (χ2n) is 1.30. The van der Waals surface area contributed by atoms with Gasteiger partial charge in [-0.25, -0.2) is 0 Å². The van der Waals surface area contributed by atoms with Crippen molar-refractivity contribution in [3.63, 3.8) is 0 Å². The van der Waals surface area contributed by atoms with Crippen LogP contribution in [0.15, 0.2) is 12.5 Å². The van der Waals surface area contributed by atoms with Crippen LogP contribution >= 0.6 is 0 Å². The van der Waals surface area contributed by atoms with Crippen LogP contribution in [0.2, 0.25) is 0 Å². The molecule has 0 bridgehead atoms. The smallest absolute Gasteiger partial charge is 0.104 e. The Morgan fingerprint density at radius 1 is 1.71 bits per heavy atom. The number of hydrogen-bond donors (Lipinski definition) is 0. The van der Waals surface area contributed by atoms with Crippen LogP contribution in [-0.2, 0) is 4.74 Å². The quantitative estimate of drug-likeness (QED) is 0.439. The lowest BCUT2D eigenvalue weighted by atomic mass is 10.6. The maximum Gasteiger partial charge on any atom is 0.104 e. The average molecular weight is 100 g/mol. The average Bonchev–Trinajstić information content (AvgIpc) is 1.69. The molecule has 0 unspecified atom stereocenters. The molecule has 0 aromatic carbocycles. The highest BCUT2D eigenvalue weighted by atomic mass is 16.5. The van der Waals surface area contributed by atoms with Crippen LogP contribution in [0.1, 0.15) is 0 Å². The van der Waals surface area contributed by atoms with E-state index in [2.05, 4.69) is 0 Å². The number of ether oxygens (including phenoxy) is 1. The summed E-state index contributed by atoms with van der Waals surface area (Å²) in [5, 5.41) is 11.0. The number of hydrogen-bond acceptors (Lipinski definition) is 3. The predicted octanol–water partition coefficient (Wildman–Crippen LogP) is 0.288. The van der Waals surface area contributed by atoms with Crippen LogP contribution < -0.4 is 0 Å². The Hall–Kier alpha value is -0.700. The molecule has 1 aliphatic rings. The summed E-state index contributed by atoms with van der Waals surface area (Å²) in [5.41, 5.74) is 0. The van der Waals surface area contributed by atoms with E-state index < -0.39 is 0 Å². The summed E-state index contributed by atoms with van der Waals surface area (Å²) in [6.07, 6.45) is 2.76. The first-order valence-corrected chi connectivity index (χ1v) is 2.11. The van der Waals surface area contributed by atoms with E-state index in [1.54, 1.807) is 0 Å². The fourth-order valence-corrected chi connectivity index (χ4v) is 0.396. The molecule has 1 heterocycles. The maximum absolute atomic E-state index is 10.2. The van der Waals surface area contributed by atoms with Gasteiger partial charge in [0.15, 0.2) is 0 Å². The van der Waals surface area contributed by atoms with Crippen molar-refractivity contribution >= 4 is 0 Å². The van der Waals surface area contributed by atoms with Gasteiger partial charge in [0.25, 0.3) is 0 Å². The van der Waals surface area contributed by atoms with Crippen molar-refractivity contribution in [3.8, 4) is 0 Å². The van der Waals surface area contributed by atoms with Crippen molar-refractivity contribution in [1.82, 2.24) is 5.06 Å². The minimum absolute atomic E-state index is 0.455. The zero-order chi connectivity index (χ0) is 5.11. The Labute approximate surface area is 41.8 Å². The van der Waals surface area contributed by atoms with E-state index in [1.165, 1.54) is 12.5 Å². The number of nitrogens with zero attached hydrogens (tertiary/aromatic N) is 1. The normalized spacial score (nSPS) is 19.3. The summed E-state index contributed by atoms with van der Waals surface area (Å²) < 4.78 is 4.72. The van der Waals surface area contributed by atoms with Gasteiger partial charge in [-0.3, -0.25) is 0 Å². The molecule has 3 nitrogen and oxygen atoms in total. The first kappa shape index (κ1) is 4.46. The molecule has 1 rings (SSSR count). The monoisotopic (exact) mass is 100 g/mol. The highest BCUT2D eigenvalue weighted by Gasteiger charge is 1.88. The molecule has 0 amide bonds. The molecule has 40 valence electrons. The van der Waals surface area contributed by atoms with Crippen molar-refractivity contribution in [2.75, 3.05) is 13.2 Å². The van der Waals surface area contributed by atoms with Crippen LogP contribution in [0.4, 0.5) is 0 Å². The predicted molar refractivity (Wildman–Crippen MR) is 25.2 cm³/mol. The zero-order valence-electron chi connectivity index (χ0n) is 3.83. The van der Waals surface area contributed by atoms with E-state index in [-0.39, 0.29) is 0 Å². The van der Waals surface area contributed by atoms with E-state index in [9.17, 15) is 5.21 Å². The molecular formula is C4H6NO2-. The first-order valence-electron chi connectivity index (χ1n) is 2.11. The van der Waals surface area contributed by atoms with Gasteiger partial charge in [-0.15, -0.1) is 0 Å². The van der Waals surface area contributed by atoms with Gasteiger partial charge in [0.05, 0.1) is 6.26 Å². The second-order valence-corrected chi connectivity index (χ2v) is 1.30. The molecule has 0 N–H and O–H groups in total. The Morgan fingerprint density at radius 3 is 2.86 bits per heavy atom. The molecule has 0 saturated carbocycles. The van der Waals surface area contributed by atoms with E-state index in [1.807, 2.05) is 0 Å². The molecule has 0 aromatic rings. The topological polar surface area (TPSA) is 35.5 Å². The Kier molecular flexibility index (Phi) is 1.17. The summed E-state index contributed by atoms with van der Waals surface area (Å²) in [7, 11) is 0. The van der Waals surface area contributed by atoms with E-state index in [0.717, 1.165) is 5.06 Å². The van der Waals surface area contributed by atoms with Gasteiger partial charge in [0.2, 0.25) is 0 Å². The Morgan fingerprint density at radius 2 is 2.57 bits per heavy atom. The van der Waals surface area contributed by atoms with Gasteiger partial charge in [0, 0.05) is 12.7 Å². The fourth-order valence-electron chi connectivity index (χ4n) is 0.396. The molecule has 0 fully saturated rings. The number of rotatable bonds is 0. The Balaban J connectivity index is 2.36. The molecule has 0 radical (unpaired) electrons. The standard InChI is InChI=1S/C4H6NO2/c6-5-1-3-7-4-2-5/h1,3H,2,4H2/q-1. The van der Waals surface area contributed by atoms with Crippen molar-refractivity contribution in [1.29, 1.82) is 0 Å². The van der Waals surface area contributed by atoms with Crippen molar-refractivity contribution in [3.05, 3.63) is 17.7 Å². The van der Waals surface area contributed by atoms with Crippen LogP contribution in [0.3, 0.4) is 0 Å². The summed E-state index contributed by atoms with van der Waals surface area (Å²) in [6, 6.07) is 0. The molecule has 0 spiro atoms. The summed E-state index contributed by atoms with van der Waals surface area (Å²) in [5.74, 6) is 0. The highest BCUT2D eigenvalue weighted by molar-refractivity contribution is 4.79. The second kappa shape index (κ2) is 1.84. The molecule has 0 saturated heterocycles. The molecule has 7 heavy (non-hydrogen) atoms. The maximum atomic E-state index is 10.2. The van der Waals surface area contributed by atoms with Gasteiger partial charge in [-0.05, 0) is 0 Å². The largest absolute Gasteiger partial charge is 0.759 e. The van der Waals surface area contributed by atoms with Gasteiger partial charge in [-0.1, -0.05) is 0 Å². The summed E-state index contributed by atoms with van der Waals surface area (Å²) >= 11 is 0. The minimum Gasteiger partial charge on any atom is -0.759 e. The lowest BCUT2D eigenvalue weighted by Gasteiger charge is -2.28. The molecule has 0 aromatic heterocycles. The fraction of sp³-hybridized carbons (Fsp3) is 0.500. The third-order valence-electron chi connectivity index (χ3n) is 0.753. The lowest BCUT2D eigenvalue weighted by molar-refractivity contribution is 0.197. The minimum atomic E-state index is 0.455. The first-order chi connectivity index (χ1) is 3.39. The van der Waals surface area contributed by atoms with Gasteiger partial charge in [0.1, 0.15) is 6.61 Å². The van der Waals surface area contributed by atoms with Gasteiger partial charge < -0.3 is 15.0 Å². The van der Waals surface area contributed by atoms with Crippen molar-refractivity contribution in [2.45, 2.75) is 0 Å².